The van der Waals surface area contributed by atoms with Gasteiger partial charge in [0.1, 0.15) is 11.2 Å². The average molecular weight is 806 g/mol. The molecule has 0 amide bonds. The number of rotatable bonds is 7. The summed E-state index contributed by atoms with van der Waals surface area (Å²) in [6, 6.07) is 81.5. The van der Waals surface area contributed by atoms with Crippen molar-refractivity contribution in [2.24, 2.45) is 0 Å². The van der Waals surface area contributed by atoms with Gasteiger partial charge in [-0.15, -0.1) is 0 Å². The van der Waals surface area contributed by atoms with Gasteiger partial charge in [-0.05, 0) is 127 Å². The van der Waals surface area contributed by atoms with Crippen LogP contribution in [-0.4, -0.2) is 0 Å². The van der Waals surface area contributed by atoms with E-state index in [1.165, 1.54) is 61.0 Å². The van der Waals surface area contributed by atoms with Crippen LogP contribution in [0.5, 0.6) is 0 Å². The molecule has 0 fully saturated rings. The molecule has 63 heavy (non-hydrogen) atoms. The van der Waals surface area contributed by atoms with Crippen LogP contribution in [0.4, 0.5) is 17.1 Å². The first-order chi connectivity index (χ1) is 31.0. The van der Waals surface area contributed by atoms with Crippen molar-refractivity contribution < 1.29 is 4.42 Å². The van der Waals surface area contributed by atoms with Gasteiger partial charge >= 0.3 is 0 Å². The summed E-state index contributed by atoms with van der Waals surface area (Å²) in [4.78, 5) is 2.38. The van der Waals surface area contributed by atoms with E-state index in [0.29, 0.717) is 0 Å². The van der Waals surface area contributed by atoms with E-state index in [0.717, 1.165) is 55.5 Å². The Bertz CT molecular complexity index is 3520. The predicted octanol–water partition coefficient (Wildman–Crippen LogP) is 17.2. The first-order valence-corrected chi connectivity index (χ1v) is 21.8. The van der Waals surface area contributed by atoms with E-state index in [2.05, 4.69) is 243 Å². The second-order valence-corrected chi connectivity index (χ2v) is 17.3. The lowest BCUT2D eigenvalue weighted by molar-refractivity contribution is 0.662. The molecule has 1 heterocycles. The molecule has 0 unspecified atom stereocenters. The molecule has 298 valence electrons. The Morgan fingerprint density at radius 3 is 1.76 bits per heavy atom. The minimum Gasteiger partial charge on any atom is -0.455 e. The van der Waals surface area contributed by atoms with Crippen LogP contribution in [0, 0.1) is 0 Å². The molecular formula is C61H43NO. The SMILES string of the molecule is CC1(C)c2ccccc2-c2cccc(-c3ccc(N(c4ccc(-c5cccc(-c6ccccc6)c5)cc4)c4cccc(-c5cccc6oc7c8ccccc8ccc7c56)c4)cc3)c21. The van der Waals surface area contributed by atoms with Crippen LogP contribution < -0.4 is 4.90 Å². The van der Waals surface area contributed by atoms with Crippen molar-refractivity contribution >= 4 is 49.8 Å². The Balaban J connectivity index is 0.975. The highest BCUT2D eigenvalue weighted by atomic mass is 16.3. The summed E-state index contributed by atoms with van der Waals surface area (Å²) in [5, 5.41) is 4.57. The Kier molecular flexibility index (Phi) is 8.55. The van der Waals surface area contributed by atoms with E-state index >= 15 is 0 Å². The highest BCUT2D eigenvalue weighted by molar-refractivity contribution is 6.19. The second kappa shape index (κ2) is 14.6. The van der Waals surface area contributed by atoms with Gasteiger partial charge in [-0.3, -0.25) is 0 Å². The van der Waals surface area contributed by atoms with Gasteiger partial charge in [-0.1, -0.05) is 184 Å². The summed E-state index contributed by atoms with van der Waals surface area (Å²) in [7, 11) is 0. The summed E-state index contributed by atoms with van der Waals surface area (Å²) in [6.45, 7) is 4.72. The predicted molar refractivity (Wildman–Crippen MR) is 265 cm³/mol. The van der Waals surface area contributed by atoms with Gasteiger partial charge in [0.2, 0.25) is 0 Å². The lowest BCUT2D eigenvalue weighted by Gasteiger charge is -2.27. The Hall–Kier alpha value is -7.94. The van der Waals surface area contributed by atoms with Crippen LogP contribution in [0.1, 0.15) is 25.0 Å². The number of fused-ring (bicyclic) bond motifs is 8. The van der Waals surface area contributed by atoms with Crippen molar-refractivity contribution in [1.82, 2.24) is 0 Å². The number of hydrogen-bond acceptors (Lipinski definition) is 2. The number of anilines is 3. The highest BCUT2D eigenvalue weighted by Crippen LogP contribution is 2.52. The molecule has 0 saturated carbocycles. The molecule has 0 aliphatic heterocycles. The number of hydrogen-bond donors (Lipinski definition) is 0. The molecule has 1 aromatic heterocycles. The molecule has 0 bridgehead atoms. The molecule has 0 saturated heterocycles. The fraction of sp³-hybridized carbons (Fsp3) is 0.0492. The summed E-state index contributed by atoms with van der Waals surface area (Å²) < 4.78 is 6.62. The van der Waals surface area contributed by atoms with E-state index in [-0.39, 0.29) is 5.41 Å². The van der Waals surface area contributed by atoms with Crippen molar-refractivity contribution in [2.75, 3.05) is 4.90 Å². The topological polar surface area (TPSA) is 16.4 Å². The summed E-state index contributed by atoms with van der Waals surface area (Å²) >= 11 is 0. The van der Waals surface area contributed by atoms with Gasteiger partial charge in [0.25, 0.3) is 0 Å². The quantitative estimate of drug-likeness (QED) is 0.160. The van der Waals surface area contributed by atoms with E-state index in [1.807, 2.05) is 0 Å². The largest absolute Gasteiger partial charge is 0.455 e. The zero-order chi connectivity index (χ0) is 42.1. The minimum absolute atomic E-state index is 0.105. The van der Waals surface area contributed by atoms with Gasteiger partial charge < -0.3 is 9.32 Å². The monoisotopic (exact) mass is 805 g/mol. The van der Waals surface area contributed by atoms with Crippen LogP contribution in [0.3, 0.4) is 0 Å². The van der Waals surface area contributed by atoms with Crippen LogP contribution in [0.2, 0.25) is 0 Å². The number of furan rings is 1. The molecule has 11 aromatic rings. The van der Waals surface area contributed by atoms with E-state index in [9.17, 15) is 0 Å². The zero-order valence-corrected chi connectivity index (χ0v) is 35.2. The Morgan fingerprint density at radius 2 is 0.952 bits per heavy atom. The lowest BCUT2D eigenvalue weighted by Crippen LogP contribution is -2.16. The molecule has 10 aromatic carbocycles. The van der Waals surface area contributed by atoms with Crippen LogP contribution in [-0.2, 0) is 5.41 Å². The maximum absolute atomic E-state index is 6.62. The van der Waals surface area contributed by atoms with Gasteiger partial charge in [0.05, 0.1) is 0 Å². The van der Waals surface area contributed by atoms with Crippen LogP contribution in [0.25, 0.3) is 88.3 Å². The smallest absolute Gasteiger partial charge is 0.143 e. The van der Waals surface area contributed by atoms with Crippen molar-refractivity contribution in [3.8, 4) is 55.6 Å². The average Bonchev–Trinajstić information content (AvgIpc) is 3.85. The Morgan fingerprint density at radius 1 is 0.365 bits per heavy atom. The number of nitrogens with zero attached hydrogens (tertiary/aromatic N) is 1. The first-order valence-electron chi connectivity index (χ1n) is 21.8. The van der Waals surface area contributed by atoms with Crippen molar-refractivity contribution in [2.45, 2.75) is 19.3 Å². The fourth-order valence-electron chi connectivity index (χ4n) is 10.2. The van der Waals surface area contributed by atoms with Crippen LogP contribution >= 0.6 is 0 Å². The summed E-state index contributed by atoms with van der Waals surface area (Å²) in [5.74, 6) is 0. The number of benzene rings is 10. The third-order valence-electron chi connectivity index (χ3n) is 13.2. The van der Waals surface area contributed by atoms with Gasteiger partial charge in [-0.2, -0.15) is 0 Å². The fourth-order valence-corrected chi connectivity index (χ4v) is 10.2. The van der Waals surface area contributed by atoms with Crippen molar-refractivity contribution in [3.05, 3.63) is 236 Å². The van der Waals surface area contributed by atoms with Gasteiger partial charge in [-0.25, -0.2) is 0 Å². The summed E-state index contributed by atoms with van der Waals surface area (Å²) in [5.41, 5.74) is 20.0. The third kappa shape index (κ3) is 6.09. The molecular weight excluding hydrogens is 763 g/mol. The maximum atomic E-state index is 6.62. The first kappa shape index (κ1) is 36.9. The van der Waals surface area contributed by atoms with Crippen molar-refractivity contribution in [1.29, 1.82) is 0 Å². The molecule has 2 nitrogen and oxygen atoms in total. The molecule has 1 aliphatic rings. The Labute approximate surface area is 368 Å². The lowest BCUT2D eigenvalue weighted by atomic mass is 9.79. The van der Waals surface area contributed by atoms with E-state index in [1.54, 1.807) is 0 Å². The van der Waals surface area contributed by atoms with Crippen molar-refractivity contribution in [3.63, 3.8) is 0 Å². The van der Waals surface area contributed by atoms with Crippen LogP contribution in [0.15, 0.2) is 229 Å². The molecule has 0 N–H and O–H groups in total. The molecule has 12 rings (SSSR count). The molecule has 2 heteroatoms. The highest BCUT2D eigenvalue weighted by Gasteiger charge is 2.37. The second-order valence-electron chi connectivity index (χ2n) is 17.3. The molecule has 0 spiro atoms. The standard InChI is InChI=1S/C61H43NO/c1-61(2)56-26-9-8-22-53(56)54-25-12-24-51(59(54)61)43-30-35-48(36-31-43)62(47-33-28-41(29-34-47)45-18-10-17-44(38-45)40-14-4-3-5-15-40)49-20-11-19-46(39-49)50-23-13-27-57-58(50)55-37-32-42-16-6-7-21-52(42)60(55)63-57/h3-39H,1-2H3. The molecule has 0 radical (unpaired) electrons. The minimum atomic E-state index is -0.105. The van der Waals surface area contributed by atoms with E-state index in [4.69, 9.17) is 4.42 Å². The maximum Gasteiger partial charge on any atom is 0.143 e. The summed E-state index contributed by atoms with van der Waals surface area (Å²) in [6.07, 6.45) is 0. The van der Waals surface area contributed by atoms with Gasteiger partial charge in [0.15, 0.2) is 0 Å². The molecule has 0 atom stereocenters. The van der Waals surface area contributed by atoms with Gasteiger partial charge in [0, 0.05) is 38.6 Å². The zero-order valence-electron chi connectivity index (χ0n) is 35.2. The van der Waals surface area contributed by atoms with E-state index < -0.39 is 0 Å². The molecule has 1 aliphatic carbocycles. The normalized spacial score (nSPS) is 12.7. The third-order valence-corrected chi connectivity index (χ3v) is 13.2.